The molecule has 0 fully saturated rings. The predicted octanol–water partition coefficient (Wildman–Crippen LogP) is 5.45. The zero-order chi connectivity index (χ0) is 18.6. The first-order chi connectivity index (χ1) is 13.3. The maximum absolute atomic E-state index is 2.64. The Morgan fingerprint density at radius 3 is 2.44 bits per heavy atom. The number of unbranched alkanes of at least 4 members (excludes halogenated alkanes) is 2. The number of benzene rings is 2. The van der Waals surface area contributed by atoms with Gasteiger partial charge < -0.3 is 9.47 Å². The molecule has 2 heterocycles. The van der Waals surface area contributed by atoms with Crippen LogP contribution in [-0.4, -0.2) is 29.6 Å². The van der Waals surface area contributed by atoms with Crippen molar-refractivity contribution in [3.63, 3.8) is 0 Å². The molecule has 0 spiro atoms. The van der Waals surface area contributed by atoms with E-state index in [1.54, 1.807) is 11.3 Å². The van der Waals surface area contributed by atoms with Gasteiger partial charge in [-0.05, 0) is 49.1 Å². The van der Waals surface area contributed by atoms with Crippen LogP contribution in [0.1, 0.15) is 48.6 Å². The Labute approximate surface area is 163 Å². The number of fused-ring (bicyclic) bond motifs is 4. The predicted molar refractivity (Wildman–Crippen MR) is 116 cm³/mol. The summed E-state index contributed by atoms with van der Waals surface area (Å²) in [5.41, 5.74) is 7.58. The van der Waals surface area contributed by atoms with Crippen molar-refractivity contribution in [2.24, 2.45) is 0 Å². The van der Waals surface area contributed by atoms with E-state index in [1.165, 1.54) is 41.3 Å². The number of aromatic nitrogens is 1. The minimum absolute atomic E-state index is 1.07. The van der Waals surface area contributed by atoms with Crippen molar-refractivity contribution in [2.45, 2.75) is 52.0 Å². The van der Waals surface area contributed by atoms with Crippen molar-refractivity contribution in [3.8, 4) is 0 Å². The minimum Gasteiger partial charge on any atom is -0.344 e. The van der Waals surface area contributed by atoms with Crippen LogP contribution in [0.4, 0.5) is 0 Å². The average molecular weight is 361 g/mol. The number of aryl methyl sites for hydroxylation is 1. The standard InChI is InChI=1S/C25H32N2/c1-3-4-9-16-27-24-13-8-7-12-22(24)23-15-18-26(2)17-14-20-10-5-6-11-21(20)19-25(23)27/h5-8,10-13H,3-4,9,14-19H2,1-2H3. The first kappa shape index (κ1) is 18.3. The summed E-state index contributed by atoms with van der Waals surface area (Å²) in [6, 6.07) is 18.1. The van der Waals surface area contributed by atoms with Crippen molar-refractivity contribution in [3.05, 3.63) is 70.9 Å². The molecular formula is C25H32N2. The van der Waals surface area contributed by atoms with Crippen molar-refractivity contribution in [1.82, 2.24) is 9.47 Å². The normalized spacial score (nSPS) is 15.5. The Hall–Kier alpha value is -2.06. The van der Waals surface area contributed by atoms with Gasteiger partial charge in [-0.3, -0.25) is 0 Å². The van der Waals surface area contributed by atoms with Gasteiger partial charge >= 0.3 is 0 Å². The van der Waals surface area contributed by atoms with Gasteiger partial charge in [-0.25, -0.2) is 0 Å². The molecule has 0 amide bonds. The van der Waals surface area contributed by atoms with Crippen LogP contribution < -0.4 is 0 Å². The Morgan fingerprint density at radius 1 is 0.852 bits per heavy atom. The van der Waals surface area contributed by atoms with Crippen LogP contribution in [0.2, 0.25) is 0 Å². The molecule has 2 aromatic carbocycles. The summed E-state index contributed by atoms with van der Waals surface area (Å²) in [6.45, 7) is 5.71. The van der Waals surface area contributed by atoms with Crippen LogP contribution in [0.25, 0.3) is 10.9 Å². The Kier molecular flexibility index (Phi) is 5.63. The van der Waals surface area contributed by atoms with E-state index in [-0.39, 0.29) is 0 Å². The number of nitrogens with zero attached hydrogens (tertiary/aromatic N) is 2. The Bertz CT molecular complexity index is 906. The van der Waals surface area contributed by atoms with Gasteiger partial charge in [-0.1, -0.05) is 62.2 Å². The maximum Gasteiger partial charge on any atom is 0.0485 e. The summed E-state index contributed by atoms with van der Waals surface area (Å²) in [5.74, 6) is 0. The van der Waals surface area contributed by atoms with Gasteiger partial charge in [0.2, 0.25) is 0 Å². The number of hydrogen-bond acceptors (Lipinski definition) is 1. The number of likely N-dealkylation sites (N-methyl/N-ethyl adjacent to an activating group) is 1. The molecule has 4 rings (SSSR count). The fourth-order valence-corrected chi connectivity index (χ4v) is 4.56. The fraction of sp³-hybridized carbons (Fsp3) is 0.440. The van der Waals surface area contributed by atoms with Gasteiger partial charge in [0, 0.05) is 42.7 Å². The molecule has 2 heteroatoms. The van der Waals surface area contributed by atoms with Crippen LogP contribution in [0.15, 0.2) is 48.5 Å². The van der Waals surface area contributed by atoms with E-state index in [2.05, 4.69) is 72.0 Å². The lowest BCUT2D eigenvalue weighted by atomic mass is 9.96. The highest BCUT2D eigenvalue weighted by Crippen LogP contribution is 2.31. The van der Waals surface area contributed by atoms with E-state index in [0.717, 1.165) is 38.9 Å². The summed E-state index contributed by atoms with van der Waals surface area (Å²) in [7, 11) is 2.27. The van der Waals surface area contributed by atoms with Crippen molar-refractivity contribution < 1.29 is 0 Å². The molecule has 0 radical (unpaired) electrons. The summed E-state index contributed by atoms with van der Waals surface area (Å²) in [4.78, 5) is 2.50. The number of para-hydroxylation sites is 1. The summed E-state index contributed by atoms with van der Waals surface area (Å²) in [6.07, 6.45) is 7.21. The molecule has 0 bridgehead atoms. The quantitative estimate of drug-likeness (QED) is 0.561. The molecule has 0 saturated heterocycles. The molecule has 1 aromatic heterocycles. The number of hydrogen-bond donors (Lipinski definition) is 0. The molecule has 0 unspecified atom stereocenters. The highest BCUT2D eigenvalue weighted by Gasteiger charge is 2.19. The average Bonchev–Trinajstić information content (AvgIpc) is 2.99. The smallest absolute Gasteiger partial charge is 0.0485 e. The summed E-state index contributed by atoms with van der Waals surface area (Å²) >= 11 is 0. The topological polar surface area (TPSA) is 8.17 Å². The third kappa shape index (κ3) is 3.82. The van der Waals surface area contributed by atoms with E-state index in [1.807, 2.05) is 0 Å². The molecule has 1 aliphatic heterocycles. The van der Waals surface area contributed by atoms with E-state index in [4.69, 9.17) is 0 Å². The summed E-state index contributed by atoms with van der Waals surface area (Å²) < 4.78 is 2.64. The Balaban J connectivity index is 1.85. The highest BCUT2D eigenvalue weighted by atomic mass is 15.1. The molecule has 0 saturated carbocycles. The monoisotopic (exact) mass is 360 g/mol. The van der Waals surface area contributed by atoms with Gasteiger partial charge in [0.25, 0.3) is 0 Å². The fourth-order valence-electron chi connectivity index (χ4n) is 4.56. The van der Waals surface area contributed by atoms with Crippen LogP contribution >= 0.6 is 0 Å². The second kappa shape index (κ2) is 8.31. The van der Waals surface area contributed by atoms with E-state index in [0.29, 0.717) is 0 Å². The van der Waals surface area contributed by atoms with Gasteiger partial charge in [0.1, 0.15) is 0 Å². The second-order valence-electron chi connectivity index (χ2n) is 8.05. The van der Waals surface area contributed by atoms with Crippen LogP contribution in [0.3, 0.4) is 0 Å². The third-order valence-corrected chi connectivity index (χ3v) is 6.16. The molecule has 3 aromatic rings. The molecule has 0 N–H and O–H groups in total. The van der Waals surface area contributed by atoms with Crippen molar-refractivity contribution in [2.75, 3.05) is 20.1 Å². The number of rotatable bonds is 4. The molecule has 0 atom stereocenters. The van der Waals surface area contributed by atoms with Crippen molar-refractivity contribution >= 4 is 10.9 Å². The van der Waals surface area contributed by atoms with Gasteiger partial charge in [-0.2, -0.15) is 0 Å². The van der Waals surface area contributed by atoms with Crippen molar-refractivity contribution in [1.29, 1.82) is 0 Å². The molecule has 0 aliphatic carbocycles. The van der Waals surface area contributed by atoms with E-state index >= 15 is 0 Å². The SMILES string of the molecule is CCCCCn1c2c(c3ccccc31)CCN(C)CCc1ccccc1C2. The molecule has 27 heavy (non-hydrogen) atoms. The Morgan fingerprint density at radius 2 is 1.59 bits per heavy atom. The first-order valence-corrected chi connectivity index (χ1v) is 10.6. The van der Waals surface area contributed by atoms with Gasteiger partial charge in [-0.15, -0.1) is 0 Å². The second-order valence-corrected chi connectivity index (χ2v) is 8.05. The van der Waals surface area contributed by atoms with Crippen LogP contribution in [-0.2, 0) is 25.8 Å². The molecule has 1 aliphatic rings. The molecule has 142 valence electrons. The molecular weight excluding hydrogens is 328 g/mol. The minimum atomic E-state index is 1.07. The lowest BCUT2D eigenvalue weighted by molar-refractivity contribution is 0.341. The molecule has 2 nitrogen and oxygen atoms in total. The zero-order valence-corrected chi connectivity index (χ0v) is 16.9. The van der Waals surface area contributed by atoms with Crippen LogP contribution in [0, 0.1) is 0 Å². The lowest BCUT2D eigenvalue weighted by Crippen LogP contribution is -2.25. The first-order valence-electron chi connectivity index (χ1n) is 10.6. The van der Waals surface area contributed by atoms with Gasteiger partial charge in [0.15, 0.2) is 0 Å². The van der Waals surface area contributed by atoms with E-state index in [9.17, 15) is 0 Å². The highest BCUT2D eigenvalue weighted by molar-refractivity contribution is 5.86. The van der Waals surface area contributed by atoms with Gasteiger partial charge in [0.05, 0.1) is 0 Å². The lowest BCUT2D eigenvalue weighted by Gasteiger charge is -2.21. The third-order valence-electron chi connectivity index (χ3n) is 6.16. The largest absolute Gasteiger partial charge is 0.344 e. The van der Waals surface area contributed by atoms with Crippen LogP contribution in [0.5, 0.6) is 0 Å². The maximum atomic E-state index is 2.64. The zero-order valence-electron chi connectivity index (χ0n) is 16.9. The van der Waals surface area contributed by atoms with E-state index < -0.39 is 0 Å². The summed E-state index contributed by atoms with van der Waals surface area (Å²) in [5, 5.41) is 1.47.